The molecular weight excluding hydrogens is 162 g/mol. The molecule has 1 aliphatic heterocycles. The summed E-state index contributed by atoms with van der Waals surface area (Å²) in [4.78, 5) is 13.9. The molecule has 0 N–H and O–H groups in total. The first-order valence-electron chi connectivity index (χ1n) is 5.52. The van der Waals surface area contributed by atoms with Crippen LogP contribution in [0.25, 0.3) is 0 Å². The van der Waals surface area contributed by atoms with E-state index >= 15 is 0 Å². The average molecular weight is 180 g/mol. The Balaban J connectivity index is 1.87. The molecule has 0 aromatic rings. The molecule has 2 heteroatoms. The number of amides is 1. The number of carbonyl (C=O) groups excluding carboxylic acids is 1. The van der Waals surface area contributed by atoms with Crippen molar-refractivity contribution in [2.24, 2.45) is 5.92 Å². The van der Waals surface area contributed by atoms with Crippen LogP contribution >= 0.6 is 0 Å². The van der Waals surface area contributed by atoms with Gasteiger partial charge in [0, 0.05) is 12.5 Å². The Morgan fingerprint density at radius 3 is 2.54 bits per heavy atom. The van der Waals surface area contributed by atoms with Gasteiger partial charge in [0.2, 0.25) is 5.91 Å². The molecule has 0 aromatic carbocycles. The van der Waals surface area contributed by atoms with Crippen molar-refractivity contribution in [3.05, 3.63) is 6.54 Å². The van der Waals surface area contributed by atoms with Gasteiger partial charge in [-0.15, -0.1) is 0 Å². The van der Waals surface area contributed by atoms with Crippen LogP contribution in [-0.4, -0.2) is 17.4 Å². The molecule has 0 spiro atoms. The third kappa shape index (κ3) is 2.04. The van der Waals surface area contributed by atoms with Crippen LogP contribution in [0.4, 0.5) is 0 Å². The zero-order chi connectivity index (χ0) is 9.10. The highest BCUT2D eigenvalue weighted by atomic mass is 16.2. The average Bonchev–Trinajstić information content (AvgIpc) is 2.71. The van der Waals surface area contributed by atoms with Crippen molar-refractivity contribution < 1.29 is 4.79 Å². The van der Waals surface area contributed by atoms with E-state index in [4.69, 9.17) is 0 Å². The second-order valence-electron chi connectivity index (χ2n) is 4.19. The molecule has 1 radical (unpaired) electrons. The zero-order valence-corrected chi connectivity index (χ0v) is 8.17. The molecule has 0 aromatic heterocycles. The van der Waals surface area contributed by atoms with Crippen LogP contribution < -0.4 is 0 Å². The second kappa shape index (κ2) is 4.12. The van der Waals surface area contributed by atoms with Gasteiger partial charge in [0.25, 0.3) is 0 Å². The van der Waals surface area contributed by atoms with E-state index in [0.717, 1.165) is 25.8 Å². The minimum atomic E-state index is 0.356. The lowest BCUT2D eigenvalue weighted by Crippen LogP contribution is -2.36. The lowest BCUT2D eigenvalue weighted by molar-refractivity contribution is -0.134. The molecule has 2 nitrogen and oxygen atoms in total. The fourth-order valence-electron chi connectivity index (χ4n) is 2.37. The highest BCUT2D eigenvalue weighted by molar-refractivity contribution is 5.79. The SMILES string of the molecule is O=C(C1CCCC1)N1[CH]CCCC1. The van der Waals surface area contributed by atoms with E-state index in [2.05, 4.69) is 6.54 Å². The van der Waals surface area contributed by atoms with Gasteiger partial charge in [-0.3, -0.25) is 4.79 Å². The zero-order valence-electron chi connectivity index (χ0n) is 8.17. The summed E-state index contributed by atoms with van der Waals surface area (Å²) in [5.74, 6) is 0.756. The van der Waals surface area contributed by atoms with Crippen LogP contribution in [0.3, 0.4) is 0 Å². The largest absolute Gasteiger partial charge is 0.337 e. The predicted molar refractivity (Wildman–Crippen MR) is 51.8 cm³/mol. The van der Waals surface area contributed by atoms with E-state index in [-0.39, 0.29) is 0 Å². The maximum atomic E-state index is 11.9. The Hall–Kier alpha value is -0.530. The molecule has 1 amide bonds. The number of likely N-dealkylation sites (tertiary alicyclic amines) is 1. The molecule has 0 bridgehead atoms. The van der Waals surface area contributed by atoms with E-state index in [0.29, 0.717) is 11.8 Å². The smallest absolute Gasteiger partial charge is 0.226 e. The molecule has 0 atom stereocenters. The molecule has 0 unspecified atom stereocenters. The lowest BCUT2D eigenvalue weighted by atomic mass is 10.0. The van der Waals surface area contributed by atoms with Crippen LogP contribution in [0.2, 0.25) is 0 Å². The first kappa shape index (κ1) is 9.04. The number of rotatable bonds is 1. The summed E-state index contributed by atoms with van der Waals surface area (Å²) in [6.07, 6.45) is 8.31. The van der Waals surface area contributed by atoms with Crippen LogP contribution in [-0.2, 0) is 4.79 Å². The Morgan fingerprint density at radius 1 is 1.15 bits per heavy atom. The number of hydrogen-bond acceptors (Lipinski definition) is 1. The standard InChI is InChI=1S/C11H18NO/c13-11(10-6-2-3-7-10)12-8-4-1-5-9-12/h8,10H,1-7,9H2. The van der Waals surface area contributed by atoms with Crippen molar-refractivity contribution in [3.63, 3.8) is 0 Å². The molecular formula is C11H18NO. The second-order valence-corrected chi connectivity index (χ2v) is 4.19. The maximum Gasteiger partial charge on any atom is 0.226 e. The lowest BCUT2D eigenvalue weighted by Gasteiger charge is -2.28. The fourth-order valence-corrected chi connectivity index (χ4v) is 2.37. The molecule has 2 fully saturated rings. The van der Waals surface area contributed by atoms with Gasteiger partial charge in [0.05, 0.1) is 6.54 Å². The molecule has 1 saturated heterocycles. The first-order valence-corrected chi connectivity index (χ1v) is 5.52. The first-order chi connectivity index (χ1) is 6.38. The normalized spacial score (nSPS) is 25.1. The van der Waals surface area contributed by atoms with E-state index in [9.17, 15) is 4.79 Å². The van der Waals surface area contributed by atoms with Crippen molar-refractivity contribution >= 4 is 5.91 Å². The molecule has 73 valence electrons. The minimum absolute atomic E-state index is 0.356. The summed E-state index contributed by atoms with van der Waals surface area (Å²) in [6, 6.07) is 0. The van der Waals surface area contributed by atoms with Gasteiger partial charge in [-0.1, -0.05) is 12.8 Å². The van der Waals surface area contributed by atoms with Gasteiger partial charge in [-0.05, 0) is 32.1 Å². The van der Waals surface area contributed by atoms with E-state index < -0.39 is 0 Å². The number of nitrogens with zero attached hydrogens (tertiary/aromatic N) is 1. The van der Waals surface area contributed by atoms with Crippen LogP contribution in [0.5, 0.6) is 0 Å². The fraction of sp³-hybridized carbons (Fsp3) is 0.818. The van der Waals surface area contributed by atoms with Crippen molar-refractivity contribution in [2.75, 3.05) is 6.54 Å². The van der Waals surface area contributed by atoms with Crippen LogP contribution in [0.1, 0.15) is 44.9 Å². The Kier molecular flexibility index (Phi) is 2.87. The number of carbonyl (C=O) groups is 1. The molecule has 1 aliphatic carbocycles. The van der Waals surface area contributed by atoms with E-state index in [1.165, 1.54) is 25.7 Å². The molecule has 2 aliphatic rings. The topological polar surface area (TPSA) is 20.3 Å². The summed E-state index contributed by atoms with van der Waals surface area (Å²) in [7, 11) is 0. The summed E-state index contributed by atoms with van der Waals surface area (Å²) in [5.41, 5.74) is 0. The van der Waals surface area contributed by atoms with Crippen molar-refractivity contribution in [3.8, 4) is 0 Å². The molecule has 2 rings (SSSR count). The van der Waals surface area contributed by atoms with Gasteiger partial charge >= 0.3 is 0 Å². The Morgan fingerprint density at radius 2 is 1.92 bits per heavy atom. The summed E-state index contributed by atoms with van der Waals surface area (Å²) >= 11 is 0. The van der Waals surface area contributed by atoms with Gasteiger partial charge in [-0.2, -0.15) is 0 Å². The summed E-state index contributed by atoms with van der Waals surface area (Å²) < 4.78 is 0. The third-order valence-corrected chi connectivity index (χ3v) is 3.19. The summed E-state index contributed by atoms with van der Waals surface area (Å²) in [6.45, 7) is 3.07. The number of piperidine rings is 1. The molecule has 1 heterocycles. The highest BCUT2D eigenvalue weighted by Gasteiger charge is 2.27. The van der Waals surface area contributed by atoms with Crippen molar-refractivity contribution in [1.82, 2.24) is 4.90 Å². The molecule has 13 heavy (non-hydrogen) atoms. The number of hydrogen-bond donors (Lipinski definition) is 0. The van der Waals surface area contributed by atoms with Crippen LogP contribution in [0, 0.1) is 12.5 Å². The van der Waals surface area contributed by atoms with Gasteiger partial charge < -0.3 is 4.90 Å². The van der Waals surface area contributed by atoms with Gasteiger partial charge in [0.1, 0.15) is 0 Å². The van der Waals surface area contributed by atoms with E-state index in [1.807, 2.05) is 4.90 Å². The third-order valence-electron chi connectivity index (χ3n) is 3.19. The Bertz CT molecular complexity index is 179. The maximum absolute atomic E-state index is 11.9. The minimum Gasteiger partial charge on any atom is -0.337 e. The monoisotopic (exact) mass is 180 g/mol. The molecule has 1 saturated carbocycles. The predicted octanol–water partition coefficient (Wildman–Crippen LogP) is 2.35. The Labute approximate surface area is 80.3 Å². The van der Waals surface area contributed by atoms with E-state index in [1.54, 1.807) is 0 Å². The van der Waals surface area contributed by atoms with Gasteiger partial charge in [0.15, 0.2) is 0 Å². The quantitative estimate of drug-likeness (QED) is 0.606. The van der Waals surface area contributed by atoms with Crippen molar-refractivity contribution in [1.29, 1.82) is 0 Å². The van der Waals surface area contributed by atoms with Crippen LogP contribution in [0.15, 0.2) is 0 Å². The summed E-state index contributed by atoms with van der Waals surface area (Å²) in [5, 5.41) is 0. The van der Waals surface area contributed by atoms with Crippen molar-refractivity contribution in [2.45, 2.75) is 44.9 Å². The van der Waals surface area contributed by atoms with Gasteiger partial charge in [-0.25, -0.2) is 0 Å². The highest BCUT2D eigenvalue weighted by Crippen LogP contribution is 2.28.